The number of hydrogen-bond donors (Lipinski definition) is 3. The van der Waals surface area contributed by atoms with Gasteiger partial charge in [-0.2, -0.15) is 5.26 Å². The molecule has 0 radical (unpaired) electrons. The fourth-order valence-corrected chi connectivity index (χ4v) is 0.161. The fourth-order valence-electron chi connectivity index (χ4n) is 0.161. The quantitative estimate of drug-likeness (QED) is 0.137. The topological polar surface area (TPSA) is 127 Å². The number of hydrogen-bond acceptors (Lipinski definition) is 4. The van der Waals surface area contributed by atoms with E-state index in [1.165, 1.54) is 0 Å². The lowest BCUT2D eigenvalue weighted by atomic mass is 10.7. The molecular weight excluding hydrogens is 132 g/mol. The van der Waals surface area contributed by atoms with Crippen molar-refractivity contribution in [1.29, 1.82) is 15.9 Å². The lowest BCUT2D eigenvalue weighted by Crippen LogP contribution is -2.42. The standard InChI is InChI=1S/C3H7N5.CHN/c4-1-2-8(7)3(5)6;1-2/h2,7H2,(H3,5,6);1H. The van der Waals surface area contributed by atoms with Crippen LogP contribution in [-0.4, -0.2) is 17.5 Å². The third-order valence-corrected chi connectivity index (χ3v) is 0.550. The number of nitrogens with zero attached hydrogens (tertiary/aromatic N) is 3. The average molecular weight is 140 g/mol. The van der Waals surface area contributed by atoms with Crippen LogP contribution in [0.15, 0.2) is 0 Å². The van der Waals surface area contributed by atoms with Crippen molar-refractivity contribution >= 4 is 5.96 Å². The first kappa shape index (κ1) is 11.1. The Kier molecular flexibility index (Phi) is 7.98. The minimum Gasteiger partial charge on any atom is -0.369 e. The largest absolute Gasteiger partial charge is 0.369 e. The molecule has 0 spiro atoms. The van der Waals surface area contributed by atoms with Crippen LogP contribution in [0.4, 0.5) is 0 Å². The van der Waals surface area contributed by atoms with Gasteiger partial charge in [-0.15, -0.1) is 0 Å². The van der Waals surface area contributed by atoms with Crippen molar-refractivity contribution in [3.63, 3.8) is 0 Å². The highest BCUT2D eigenvalue weighted by Gasteiger charge is 1.94. The van der Waals surface area contributed by atoms with E-state index >= 15 is 0 Å². The minimum absolute atomic E-state index is 0.0463. The van der Waals surface area contributed by atoms with Crippen LogP contribution in [0.3, 0.4) is 0 Å². The molecule has 0 aromatic rings. The summed E-state index contributed by atoms with van der Waals surface area (Å²) in [5, 5.41) is 21.9. The van der Waals surface area contributed by atoms with Gasteiger partial charge in [-0.1, -0.05) is 0 Å². The maximum absolute atomic E-state index is 7.96. The first-order chi connectivity index (χ1) is 4.68. The molecular formula is C4H8N6. The number of nitriles is 2. The fraction of sp³-hybridized carbons (Fsp3) is 0.250. The summed E-state index contributed by atoms with van der Waals surface area (Å²) >= 11 is 0. The van der Waals surface area contributed by atoms with Crippen LogP contribution in [0.2, 0.25) is 0 Å². The zero-order valence-corrected chi connectivity index (χ0v) is 5.28. The lowest BCUT2D eigenvalue weighted by molar-refractivity contribution is 0.484. The molecule has 0 bridgehead atoms. The number of nitrogens with two attached hydrogens (primary N) is 2. The molecule has 0 aromatic carbocycles. The van der Waals surface area contributed by atoms with Gasteiger partial charge >= 0.3 is 0 Å². The SMILES string of the molecule is C#N.N#CCN(N)C(=N)N. The van der Waals surface area contributed by atoms with E-state index in [1.54, 1.807) is 6.07 Å². The van der Waals surface area contributed by atoms with Gasteiger partial charge in [0.05, 0.1) is 6.07 Å². The van der Waals surface area contributed by atoms with Crippen LogP contribution in [0, 0.1) is 28.6 Å². The Bertz CT molecular complexity index is 153. The van der Waals surface area contributed by atoms with Crippen LogP contribution in [0.5, 0.6) is 0 Å². The molecule has 0 aliphatic rings. The van der Waals surface area contributed by atoms with E-state index in [2.05, 4.69) is 6.57 Å². The second-order valence-corrected chi connectivity index (χ2v) is 1.17. The molecule has 0 atom stereocenters. The Morgan fingerprint density at radius 2 is 2.10 bits per heavy atom. The summed E-state index contributed by atoms with van der Waals surface area (Å²) in [5.41, 5.74) is 4.86. The molecule has 0 amide bonds. The summed E-state index contributed by atoms with van der Waals surface area (Å²) < 4.78 is 0. The Labute approximate surface area is 58.7 Å². The van der Waals surface area contributed by atoms with Crippen molar-refractivity contribution in [2.75, 3.05) is 6.54 Å². The first-order valence-corrected chi connectivity index (χ1v) is 2.17. The van der Waals surface area contributed by atoms with E-state index in [1.807, 2.05) is 0 Å². The number of nitrogens with one attached hydrogen (secondary N) is 1. The second kappa shape index (κ2) is 7.21. The summed E-state index contributed by atoms with van der Waals surface area (Å²) in [6.45, 7) is 3.45. The molecule has 0 fully saturated rings. The van der Waals surface area contributed by atoms with Crippen LogP contribution in [0.25, 0.3) is 0 Å². The monoisotopic (exact) mass is 140 g/mol. The Morgan fingerprint density at radius 1 is 1.70 bits per heavy atom. The van der Waals surface area contributed by atoms with E-state index < -0.39 is 0 Å². The van der Waals surface area contributed by atoms with Gasteiger partial charge in [0.1, 0.15) is 6.54 Å². The van der Waals surface area contributed by atoms with Crippen LogP contribution in [-0.2, 0) is 0 Å². The normalized spacial score (nSPS) is 6.20. The highest BCUT2D eigenvalue weighted by atomic mass is 15.4. The Morgan fingerprint density at radius 3 is 2.20 bits per heavy atom. The Hall–Kier alpha value is -1.79. The van der Waals surface area contributed by atoms with Gasteiger partial charge in [-0.05, 0) is 0 Å². The Balaban J connectivity index is 0. The van der Waals surface area contributed by atoms with Crippen molar-refractivity contribution < 1.29 is 0 Å². The molecule has 10 heavy (non-hydrogen) atoms. The molecule has 6 heteroatoms. The average Bonchev–Trinajstić information content (AvgIpc) is 1.93. The van der Waals surface area contributed by atoms with Gasteiger partial charge in [-0.3, -0.25) is 10.4 Å². The molecule has 0 unspecified atom stereocenters. The second-order valence-electron chi connectivity index (χ2n) is 1.17. The van der Waals surface area contributed by atoms with Crippen molar-refractivity contribution in [3.8, 4) is 12.6 Å². The van der Waals surface area contributed by atoms with E-state index in [-0.39, 0.29) is 12.5 Å². The van der Waals surface area contributed by atoms with Gasteiger partial charge in [0.2, 0.25) is 5.96 Å². The maximum Gasteiger partial charge on any atom is 0.203 e. The molecule has 0 saturated heterocycles. The van der Waals surface area contributed by atoms with Crippen molar-refractivity contribution in [2.45, 2.75) is 0 Å². The third kappa shape index (κ3) is 6.21. The van der Waals surface area contributed by atoms with E-state index in [0.717, 1.165) is 5.01 Å². The smallest absolute Gasteiger partial charge is 0.203 e. The molecule has 0 aromatic heterocycles. The molecule has 0 saturated carbocycles. The van der Waals surface area contributed by atoms with Crippen molar-refractivity contribution in [2.24, 2.45) is 11.6 Å². The van der Waals surface area contributed by atoms with Gasteiger partial charge in [0.25, 0.3) is 0 Å². The number of guanidine groups is 1. The van der Waals surface area contributed by atoms with Gasteiger partial charge in [-0.25, -0.2) is 11.1 Å². The molecule has 0 aliphatic heterocycles. The molecule has 0 aliphatic carbocycles. The zero-order valence-electron chi connectivity index (χ0n) is 5.28. The predicted molar refractivity (Wildman–Crippen MR) is 35.1 cm³/mol. The summed E-state index contributed by atoms with van der Waals surface area (Å²) in [6, 6.07) is 1.73. The van der Waals surface area contributed by atoms with Gasteiger partial charge < -0.3 is 5.73 Å². The number of hydrazine groups is 1. The van der Waals surface area contributed by atoms with Crippen molar-refractivity contribution in [3.05, 3.63) is 0 Å². The molecule has 5 N–H and O–H groups in total. The highest BCUT2D eigenvalue weighted by Crippen LogP contribution is 1.68. The predicted octanol–water partition coefficient (Wildman–Crippen LogP) is -1.28. The van der Waals surface area contributed by atoms with Crippen LogP contribution in [0.1, 0.15) is 0 Å². The molecule has 0 heterocycles. The zero-order chi connectivity index (χ0) is 8.57. The first-order valence-electron chi connectivity index (χ1n) is 2.17. The maximum atomic E-state index is 7.96. The highest BCUT2D eigenvalue weighted by molar-refractivity contribution is 5.74. The van der Waals surface area contributed by atoms with E-state index in [0.29, 0.717) is 0 Å². The number of rotatable bonds is 1. The van der Waals surface area contributed by atoms with Gasteiger partial charge in [0, 0.05) is 6.57 Å². The van der Waals surface area contributed by atoms with E-state index in [4.69, 9.17) is 27.5 Å². The molecule has 0 rings (SSSR count). The third-order valence-electron chi connectivity index (χ3n) is 0.550. The summed E-state index contributed by atoms with van der Waals surface area (Å²) in [4.78, 5) is 0. The molecule has 6 nitrogen and oxygen atoms in total. The van der Waals surface area contributed by atoms with E-state index in [9.17, 15) is 0 Å². The molecule has 54 valence electrons. The summed E-state index contributed by atoms with van der Waals surface area (Å²) in [7, 11) is 0. The lowest BCUT2D eigenvalue weighted by Gasteiger charge is -2.09. The summed E-state index contributed by atoms with van der Waals surface area (Å²) in [5.74, 6) is 4.69. The summed E-state index contributed by atoms with van der Waals surface area (Å²) in [6.07, 6.45) is 0. The van der Waals surface area contributed by atoms with Gasteiger partial charge in [0.15, 0.2) is 0 Å². The van der Waals surface area contributed by atoms with Crippen molar-refractivity contribution in [1.82, 2.24) is 5.01 Å². The van der Waals surface area contributed by atoms with Crippen LogP contribution < -0.4 is 11.6 Å². The minimum atomic E-state index is -0.299. The van der Waals surface area contributed by atoms with Crippen LogP contribution >= 0.6 is 0 Å².